The molecule has 45 heavy (non-hydrogen) atoms. The molecule has 5 aliphatic rings. The van der Waals surface area contributed by atoms with Gasteiger partial charge in [0.05, 0.1) is 45.4 Å². The summed E-state index contributed by atoms with van der Waals surface area (Å²) in [5.74, 6) is -3.48. The molecule has 4 aliphatic heterocycles. The Bertz CT molecular complexity index is 1740. The molecule has 240 valence electrons. The molecule has 0 spiro atoms. The van der Waals surface area contributed by atoms with Crippen LogP contribution in [0, 0.1) is 17.7 Å². The second-order valence-electron chi connectivity index (χ2n) is 13.1. The Balaban J connectivity index is 1.33. The molecule has 6 heterocycles. The van der Waals surface area contributed by atoms with Gasteiger partial charge in [-0.2, -0.15) is 23.1 Å². The van der Waals surface area contributed by atoms with E-state index in [0.717, 1.165) is 31.4 Å². The van der Waals surface area contributed by atoms with Gasteiger partial charge in [-0.15, -0.1) is 0 Å². The monoisotopic (exact) mass is 654 g/mol. The third-order valence-electron chi connectivity index (χ3n) is 10.3. The van der Waals surface area contributed by atoms with Crippen molar-refractivity contribution < 1.29 is 35.8 Å². The number of benzene rings is 1. The molecule has 4 fully saturated rings. The van der Waals surface area contributed by atoms with E-state index in [1.54, 1.807) is 4.90 Å². The van der Waals surface area contributed by atoms with Crippen LogP contribution in [0.1, 0.15) is 44.6 Å². The number of alkyl halides is 5. The van der Waals surface area contributed by atoms with E-state index < -0.39 is 51.4 Å². The Morgan fingerprint density at radius 1 is 1.18 bits per heavy atom. The summed E-state index contributed by atoms with van der Waals surface area (Å²) in [4.78, 5) is 16.6. The maximum Gasteiger partial charge on any atom is 0.418 e. The van der Waals surface area contributed by atoms with Crippen LogP contribution in [0.2, 0.25) is 5.02 Å². The molecule has 1 unspecified atom stereocenters. The van der Waals surface area contributed by atoms with E-state index in [9.17, 15) is 22.0 Å². The highest BCUT2D eigenvalue weighted by atomic mass is 35.5. The van der Waals surface area contributed by atoms with E-state index in [4.69, 9.17) is 31.8 Å². The predicted molar refractivity (Wildman–Crippen MR) is 153 cm³/mol. The third-order valence-corrected chi connectivity index (χ3v) is 10.7. The maximum absolute atomic E-state index is 16.8. The Morgan fingerprint density at radius 3 is 2.69 bits per heavy atom. The molecule has 1 aromatic carbocycles. The number of halogens is 7. The van der Waals surface area contributed by atoms with Gasteiger partial charge in [0.1, 0.15) is 29.9 Å². The first-order valence-corrected chi connectivity index (χ1v) is 15.4. The average Bonchev–Trinajstić information content (AvgIpc) is 3.37. The van der Waals surface area contributed by atoms with E-state index in [-0.39, 0.29) is 60.0 Å². The third kappa shape index (κ3) is 4.41. The number of anilines is 2. The van der Waals surface area contributed by atoms with E-state index >= 15 is 4.39 Å². The molecule has 8 nitrogen and oxygen atoms in total. The van der Waals surface area contributed by atoms with Crippen molar-refractivity contribution in [3.8, 4) is 23.0 Å². The minimum Gasteiger partial charge on any atom is -0.486 e. The number of pyridine rings is 1. The van der Waals surface area contributed by atoms with Crippen molar-refractivity contribution in [1.29, 1.82) is 0 Å². The lowest BCUT2D eigenvalue weighted by atomic mass is 9.85. The minimum atomic E-state index is -4.91. The largest absolute Gasteiger partial charge is 0.486 e. The topological polar surface area (TPSA) is 89.6 Å². The molecule has 1 aliphatic carbocycles. The second kappa shape index (κ2) is 9.63. The van der Waals surface area contributed by atoms with Crippen LogP contribution in [0.3, 0.4) is 0 Å². The van der Waals surface area contributed by atoms with Crippen LogP contribution in [0.15, 0.2) is 12.1 Å². The first-order chi connectivity index (χ1) is 21.2. The number of ether oxygens (including phenoxy) is 2. The lowest BCUT2D eigenvalue weighted by Crippen LogP contribution is -2.59. The van der Waals surface area contributed by atoms with Crippen molar-refractivity contribution in [2.45, 2.75) is 68.8 Å². The number of nitrogen functional groups attached to an aromatic ring is 1. The smallest absolute Gasteiger partial charge is 0.418 e. The molecule has 1 saturated carbocycles. The summed E-state index contributed by atoms with van der Waals surface area (Å²) in [6, 6.07) is 1.24. The lowest BCUT2D eigenvalue weighted by Gasteiger charge is -2.46. The van der Waals surface area contributed by atoms with Crippen molar-refractivity contribution in [3.05, 3.63) is 28.5 Å². The van der Waals surface area contributed by atoms with Crippen molar-refractivity contribution in [1.82, 2.24) is 19.9 Å². The van der Waals surface area contributed by atoms with E-state index in [0.29, 0.717) is 31.2 Å². The molecule has 3 aromatic rings. The van der Waals surface area contributed by atoms with Crippen molar-refractivity contribution in [2.24, 2.45) is 11.8 Å². The zero-order valence-electron chi connectivity index (χ0n) is 24.1. The van der Waals surface area contributed by atoms with Gasteiger partial charge in [-0.05, 0) is 56.6 Å². The first kappa shape index (κ1) is 29.2. The molecule has 0 amide bonds. The summed E-state index contributed by atoms with van der Waals surface area (Å²) >= 11 is 6.78. The number of rotatable bonds is 4. The molecule has 2 bridgehead atoms. The lowest BCUT2D eigenvalue weighted by molar-refractivity contribution is -0.137. The SMILES string of the molecule is C[C@@H]1Oc2c(Cl)c(-c3nc(N)ccc3C(F)(F)F)c(F)c3nc(OCC45CCN4CC(F)(F)C5)nc(c23)N2C[C@H]3CC[C@H](C3)[C@@H]12. The van der Waals surface area contributed by atoms with Gasteiger partial charge >= 0.3 is 12.2 Å². The van der Waals surface area contributed by atoms with Crippen molar-refractivity contribution in [2.75, 3.05) is 36.9 Å². The Morgan fingerprint density at radius 2 is 1.98 bits per heavy atom. The first-order valence-electron chi connectivity index (χ1n) is 15.0. The van der Waals surface area contributed by atoms with E-state index in [1.165, 1.54) is 0 Å². The molecule has 3 saturated heterocycles. The van der Waals surface area contributed by atoms with Crippen LogP contribution in [0.25, 0.3) is 22.2 Å². The highest BCUT2D eigenvalue weighted by molar-refractivity contribution is 6.36. The molecular formula is C30H29ClF6N6O2. The normalized spacial score (nSPS) is 30.0. The molecular weight excluding hydrogens is 626 g/mol. The van der Waals surface area contributed by atoms with Gasteiger partial charge in [0.2, 0.25) is 0 Å². The van der Waals surface area contributed by atoms with Crippen LogP contribution in [0.4, 0.5) is 38.0 Å². The van der Waals surface area contributed by atoms with Crippen LogP contribution in [0.5, 0.6) is 11.8 Å². The van der Waals surface area contributed by atoms with E-state index in [2.05, 4.69) is 14.9 Å². The highest BCUT2D eigenvalue weighted by Gasteiger charge is 2.60. The molecule has 15 heteroatoms. The zero-order chi connectivity index (χ0) is 31.6. The predicted octanol–water partition coefficient (Wildman–Crippen LogP) is 6.33. The van der Waals surface area contributed by atoms with Crippen molar-refractivity contribution in [3.63, 3.8) is 0 Å². The number of fused-ring (bicyclic) bond motifs is 6. The Kier molecular flexibility index (Phi) is 6.24. The quantitative estimate of drug-likeness (QED) is 0.327. The van der Waals surface area contributed by atoms with Crippen LogP contribution in [-0.2, 0) is 6.18 Å². The summed E-state index contributed by atoms with van der Waals surface area (Å²) in [7, 11) is 0. The molecule has 0 radical (unpaired) electrons. The van der Waals surface area contributed by atoms with Crippen molar-refractivity contribution >= 4 is 34.1 Å². The molecule has 2 aromatic heterocycles. The number of hydrogen-bond acceptors (Lipinski definition) is 8. The van der Waals surface area contributed by atoms with Crippen LogP contribution in [-0.4, -0.2) is 69.7 Å². The fraction of sp³-hybridized carbons (Fsp3) is 0.567. The number of hydrogen-bond donors (Lipinski definition) is 1. The zero-order valence-corrected chi connectivity index (χ0v) is 24.9. The molecule has 8 rings (SSSR count). The Hall–Kier alpha value is -3.26. The average molecular weight is 655 g/mol. The van der Waals surface area contributed by atoms with Gasteiger partial charge in [-0.1, -0.05) is 11.6 Å². The highest BCUT2D eigenvalue weighted by Crippen LogP contribution is 2.54. The van der Waals surface area contributed by atoms with Crippen LogP contribution >= 0.6 is 11.6 Å². The van der Waals surface area contributed by atoms with Gasteiger partial charge in [-0.3, -0.25) is 4.90 Å². The number of piperidine rings is 1. The number of nitrogens with two attached hydrogens (primary N) is 1. The minimum absolute atomic E-state index is 0.0565. The Labute approximate surface area is 258 Å². The second-order valence-corrected chi connectivity index (χ2v) is 13.5. The van der Waals surface area contributed by atoms with Gasteiger partial charge in [-0.25, -0.2) is 18.2 Å². The van der Waals surface area contributed by atoms with Gasteiger partial charge in [0.15, 0.2) is 11.6 Å². The van der Waals surface area contributed by atoms with Crippen LogP contribution < -0.4 is 20.1 Å². The fourth-order valence-corrected chi connectivity index (χ4v) is 8.66. The summed E-state index contributed by atoms with van der Waals surface area (Å²) in [6.07, 6.45) is -2.36. The van der Waals surface area contributed by atoms with E-state index in [1.807, 2.05) is 6.92 Å². The number of nitrogens with zero attached hydrogens (tertiary/aromatic N) is 5. The molecule has 5 atom stereocenters. The standard InChI is InChI=1S/C30H29ClF6N6O2/c1-13-24-15-3-2-14(8-15)9-43(24)26-19-23(40-27(41-26)44-12-28-6-7-42(28)11-29(33,34)10-28)21(32)18(20(31)25(19)45-13)22-16(30(35,36)37)4-5-17(38)39-22/h4-5,13-15,24H,2-3,6-12H2,1H3,(H2,38,39)/t13-,14-,15+,24+,28?/m0/s1. The van der Waals surface area contributed by atoms with Gasteiger partial charge < -0.3 is 20.1 Å². The summed E-state index contributed by atoms with van der Waals surface area (Å²) in [6.45, 7) is 2.43. The summed E-state index contributed by atoms with van der Waals surface area (Å²) in [5, 5.41) is -0.297. The number of aromatic nitrogens is 3. The van der Waals surface area contributed by atoms with Gasteiger partial charge in [0.25, 0.3) is 5.92 Å². The summed E-state index contributed by atoms with van der Waals surface area (Å²) < 4.78 is 100. The van der Waals surface area contributed by atoms with Gasteiger partial charge in [0, 0.05) is 19.5 Å². The molecule has 2 N–H and O–H groups in total. The maximum atomic E-state index is 16.8. The summed E-state index contributed by atoms with van der Waals surface area (Å²) in [5.41, 5.74) is 1.80. The fourth-order valence-electron chi connectivity index (χ4n) is 8.35.